The van der Waals surface area contributed by atoms with Gasteiger partial charge in [-0.15, -0.1) is 0 Å². The summed E-state index contributed by atoms with van der Waals surface area (Å²) in [5.74, 6) is 0.409. The largest absolute Gasteiger partial charge is 0.437 e. The quantitative estimate of drug-likeness (QED) is 0.621. The van der Waals surface area contributed by atoms with Gasteiger partial charge in [0.1, 0.15) is 17.4 Å². The van der Waals surface area contributed by atoms with E-state index in [2.05, 4.69) is 4.98 Å². The van der Waals surface area contributed by atoms with Crippen LogP contribution in [0.5, 0.6) is 11.6 Å². The van der Waals surface area contributed by atoms with E-state index >= 15 is 0 Å². The van der Waals surface area contributed by atoms with Gasteiger partial charge >= 0.3 is 0 Å². The molecule has 2 aromatic rings. The Balaban J connectivity index is 2.37. The molecule has 0 spiro atoms. The van der Waals surface area contributed by atoms with Crippen molar-refractivity contribution in [3.05, 3.63) is 57.8 Å². The fourth-order valence-electron chi connectivity index (χ4n) is 1.52. The predicted molar refractivity (Wildman–Crippen MR) is 66.9 cm³/mol. The summed E-state index contributed by atoms with van der Waals surface area (Å²) in [7, 11) is 0. The van der Waals surface area contributed by atoms with Crippen molar-refractivity contribution >= 4 is 5.69 Å². The lowest BCUT2D eigenvalue weighted by Crippen LogP contribution is -1.95. The molecule has 0 unspecified atom stereocenters. The van der Waals surface area contributed by atoms with Crippen molar-refractivity contribution in [2.24, 2.45) is 0 Å². The number of nitrogens with zero attached hydrogens (tertiary/aromatic N) is 3. The molecule has 1 heterocycles. The summed E-state index contributed by atoms with van der Waals surface area (Å²) >= 11 is 0. The number of nitro benzene ring substituents is 1. The van der Waals surface area contributed by atoms with E-state index in [-0.39, 0.29) is 17.3 Å². The number of aromatic nitrogens is 1. The van der Waals surface area contributed by atoms with Gasteiger partial charge in [0.2, 0.25) is 5.88 Å². The Labute approximate surface area is 109 Å². The standard InChI is InChI=1S/C13H9N3O3/c1-9-5-6-15-13(12(9)8-14)19-11-4-2-3-10(7-11)16(17)18/h2-7H,1H3. The van der Waals surface area contributed by atoms with Crippen LogP contribution in [0.4, 0.5) is 5.69 Å². The van der Waals surface area contributed by atoms with Gasteiger partial charge in [0.15, 0.2) is 0 Å². The Morgan fingerprint density at radius 1 is 1.42 bits per heavy atom. The summed E-state index contributed by atoms with van der Waals surface area (Å²) in [6.07, 6.45) is 1.52. The van der Waals surface area contributed by atoms with Crippen LogP contribution in [0.25, 0.3) is 0 Å². The predicted octanol–water partition coefficient (Wildman–Crippen LogP) is 2.96. The summed E-state index contributed by atoms with van der Waals surface area (Å²) < 4.78 is 5.43. The normalized spacial score (nSPS) is 9.68. The number of benzene rings is 1. The second-order valence-corrected chi connectivity index (χ2v) is 3.78. The van der Waals surface area contributed by atoms with Gasteiger partial charge < -0.3 is 4.74 Å². The Bertz CT molecular complexity index is 677. The van der Waals surface area contributed by atoms with Crippen LogP contribution in [0.15, 0.2) is 36.5 Å². The Kier molecular flexibility index (Phi) is 3.39. The molecule has 0 aliphatic rings. The smallest absolute Gasteiger partial charge is 0.273 e. The number of rotatable bonds is 3. The number of aryl methyl sites for hydroxylation is 1. The monoisotopic (exact) mass is 255 g/mol. The number of nitro groups is 1. The van der Waals surface area contributed by atoms with Gasteiger partial charge in [0.05, 0.1) is 11.0 Å². The van der Waals surface area contributed by atoms with E-state index in [0.717, 1.165) is 5.56 Å². The van der Waals surface area contributed by atoms with Crippen molar-refractivity contribution in [1.29, 1.82) is 5.26 Å². The molecule has 1 aromatic carbocycles. The van der Waals surface area contributed by atoms with Crippen molar-refractivity contribution in [1.82, 2.24) is 4.98 Å². The molecule has 0 saturated heterocycles. The zero-order valence-corrected chi connectivity index (χ0v) is 10.0. The molecule has 0 amide bonds. The molecular formula is C13H9N3O3. The second-order valence-electron chi connectivity index (χ2n) is 3.78. The molecule has 0 aliphatic carbocycles. The van der Waals surface area contributed by atoms with Crippen molar-refractivity contribution in [3.8, 4) is 17.7 Å². The van der Waals surface area contributed by atoms with Crippen molar-refractivity contribution < 1.29 is 9.66 Å². The topological polar surface area (TPSA) is 89.1 Å². The van der Waals surface area contributed by atoms with E-state index in [9.17, 15) is 10.1 Å². The average molecular weight is 255 g/mol. The number of hydrogen-bond donors (Lipinski definition) is 0. The first-order valence-corrected chi connectivity index (χ1v) is 5.40. The molecule has 2 rings (SSSR count). The maximum atomic E-state index is 10.7. The lowest BCUT2D eigenvalue weighted by Gasteiger charge is -2.07. The van der Waals surface area contributed by atoms with Crippen LogP contribution in [0.1, 0.15) is 11.1 Å². The molecule has 6 heteroatoms. The number of pyridine rings is 1. The number of hydrogen-bond acceptors (Lipinski definition) is 5. The first kappa shape index (κ1) is 12.5. The van der Waals surface area contributed by atoms with E-state index in [1.165, 1.54) is 24.4 Å². The molecule has 1 aromatic heterocycles. The van der Waals surface area contributed by atoms with Crippen LogP contribution in [-0.4, -0.2) is 9.91 Å². The summed E-state index contributed by atoms with van der Waals surface area (Å²) in [6.45, 7) is 1.76. The summed E-state index contributed by atoms with van der Waals surface area (Å²) in [6, 6.07) is 9.42. The fourth-order valence-corrected chi connectivity index (χ4v) is 1.52. The molecule has 6 nitrogen and oxygen atoms in total. The molecule has 0 fully saturated rings. The van der Waals surface area contributed by atoms with E-state index < -0.39 is 4.92 Å². The van der Waals surface area contributed by atoms with Gasteiger partial charge in [-0.05, 0) is 24.6 Å². The molecule has 0 N–H and O–H groups in total. The number of nitriles is 1. The third-order valence-electron chi connectivity index (χ3n) is 2.48. The van der Waals surface area contributed by atoms with Crippen molar-refractivity contribution in [2.45, 2.75) is 6.92 Å². The van der Waals surface area contributed by atoms with Crippen LogP contribution < -0.4 is 4.74 Å². The van der Waals surface area contributed by atoms with Gasteiger partial charge in [-0.1, -0.05) is 6.07 Å². The first-order valence-electron chi connectivity index (χ1n) is 5.40. The van der Waals surface area contributed by atoms with E-state index in [1.807, 2.05) is 6.07 Å². The van der Waals surface area contributed by atoms with E-state index in [1.54, 1.807) is 19.1 Å². The van der Waals surface area contributed by atoms with Gasteiger partial charge in [0, 0.05) is 12.3 Å². The highest BCUT2D eigenvalue weighted by molar-refractivity contribution is 5.46. The molecule has 0 aliphatic heterocycles. The zero-order chi connectivity index (χ0) is 13.8. The minimum absolute atomic E-state index is 0.0799. The minimum Gasteiger partial charge on any atom is -0.437 e. The number of non-ortho nitro benzene ring substituents is 1. The highest BCUT2D eigenvalue weighted by atomic mass is 16.6. The molecular weight excluding hydrogens is 246 g/mol. The zero-order valence-electron chi connectivity index (χ0n) is 10.0. The van der Waals surface area contributed by atoms with Crippen LogP contribution in [0.2, 0.25) is 0 Å². The summed E-state index contributed by atoms with van der Waals surface area (Å²) in [5, 5.41) is 19.7. The minimum atomic E-state index is -0.512. The maximum Gasteiger partial charge on any atom is 0.273 e. The maximum absolute atomic E-state index is 10.7. The van der Waals surface area contributed by atoms with Crippen LogP contribution in [-0.2, 0) is 0 Å². The first-order chi connectivity index (χ1) is 9.11. The molecule has 0 bridgehead atoms. The summed E-state index contributed by atoms with van der Waals surface area (Å²) in [4.78, 5) is 14.1. The molecule has 0 atom stereocenters. The van der Waals surface area contributed by atoms with Crippen molar-refractivity contribution in [2.75, 3.05) is 0 Å². The molecule has 19 heavy (non-hydrogen) atoms. The Morgan fingerprint density at radius 3 is 2.89 bits per heavy atom. The SMILES string of the molecule is Cc1ccnc(Oc2cccc([N+](=O)[O-])c2)c1C#N. The lowest BCUT2D eigenvalue weighted by molar-refractivity contribution is -0.384. The highest BCUT2D eigenvalue weighted by Gasteiger charge is 2.11. The van der Waals surface area contributed by atoms with Gasteiger partial charge in [-0.3, -0.25) is 10.1 Å². The molecule has 94 valence electrons. The average Bonchev–Trinajstić information content (AvgIpc) is 2.39. The van der Waals surface area contributed by atoms with Crippen LogP contribution >= 0.6 is 0 Å². The second kappa shape index (κ2) is 5.14. The molecule has 0 radical (unpaired) electrons. The number of ether oxygens (including phenoxy) is 1. The van der Waals surface area contributed by atoms with Crippen LogP contribution in [0.3, 0.4) is 0 Å². The Hall–Kier alpha value is -2.94. The summed E-state index contributed by atoms with van der Waals surface area (Å²) in [5.41, 5.74) is 0.968. The lowest BCUT2D eigenvalue weighted by atomic mass is 10.2. The third-order valence-corrected chi connectivity index (χ3v) is 2.48. The van der Waals surface area contributed by atoms with E-state index in [0.29, 0.717) is 5.56 Å². The van der Waals surface area contributed by atoms with Gasteiger partial charge in [0.25, 0.3) is 5.69 Å². The van der Waals surface area contributed by atoms with Gasteiger partial charge in [-0.2, -0.15) is 5.26 Å². The van der Waals surface area contributed by atoms with E-state index in [4.69, 9.17) is 10.00 Å². The van der Waals surface area contributed by atoms with Crippen molar-refractivity contribution in [3.63, 3.8) is 0 Å². The fraction of sp³-hybridized carbons (Fsp3) is 0.0769. The van der Waals surface area contributed by atoms with Gasteiger partial charge in [-0.25, -0.2) is 4.98 Å². The van der Waals surface area contributed by atoms with Crippen LogP contribution in [0, 0.1) is 28.4 Å². The molecule has 0 saturated carbocycles. The Morgan fingerprint density at radius 2 is 2.21 bits per heavy atom. The highest BCUT2D eigenvalue weighted by Crippen LogP contribution is 2.27. The third kappa shape index (κ3) is 2.66.